The van der Waals surface area contributed by atoms with Gasteiger partial charge < -0.3 is 16.0 Å². The molecule has 2 aromatic heterocycles. The smallest absolute Gasteiger partial charge is 0.319 e. The molecule has 150 valence electrons. The van der Waals surface area contributed by atoms with Crippen LogP contribution >= 0.6 is 0 Å². The van der Waals surface area contributed by atoms with Gasteiger partial charge in [0.2, 0.25) is 0 Å². The molecule has 1 saturated carbocycles. The van der Waals surface area contributed by atoms with E-state index in [2.05, 4.69) is 37.9 Å². The van der Waals surface area contributed by atoms with Gasteiger partial charge in [0.25, 0.3) is 0 Å². The number of anilines is 2. The molecule has 1 aliphatic rings. The van der Waals surface area contributed by atoms with Crippen LogP contribution < -0.4 is 16.0 Å². The van der Waals surface area contributed by atoms with E-state index in [9.17, 15) is 4.79 Å². The molecule has 1 fully saturated rings. The van der Waals surface area contributed by atoms with Crippen LogP contribution in [0.1, 0.15) is 42.8 Å². The molecular weight excluding hydrogens is 366 g/mol. The van der Waals surface area contributed by atoms with E-state index < -0.39 is 0 Å². The van der Waals surface area contributed by atoms with Crippen molar-refractivity contribution in [3.63, 3.8) is 0 Å². The quantitative estimate of drug-likeness (QED) is 0.595. The third-order valence-corrected chi connectivity index (χ3v) is 4.79. The molecule has 29 heavy (non-hydrogen) atoms. The second-order valence-electron chi connectivity index (χ2n) is 7.46. The van der Waals surface area contributed by atoms with Gasteiger partial charge in [0.1, 0.15) is 5.82 Å². The van der Waals surface area contributed by atoms with Crippen LogP contribution in [0, 0.1) is 13.8 Å². The van der Waals surface area contributed by atoms with Gasteiger partial charge in [-0.15, -0.1) is 0 Å². The van der Waals surface area contributed by atoms with Gasteiger partial charge in [-0.05, 0) is 57.4 Å². The number of nitrogens with one attached hydrogen (secondary N) is 3. The minimum absolute atomic E-state index is 0.0225. The maximum absolute atomic E-state index is 11.8. The van der Waals surface area contributed by atoms with Crippen molar-refractivity contribution in [2.75, 3.05) is 10.6 Å². The third-order valence-electron chi connectivity index (χ3n) is 4.79. The molecule has 0 spiro atoms. The number of hydrogen-bond acceptors (Lipinski definition) is 5. The molecule has 0 radical (unpaired) electrons. The van der Waals surface area contributed by atoms with Crippen molar-refractivity contribution >= 4 is 17.5 Å². The molecule has 2 amide bonds. The minimum Gasteiger partial charge on any atom is -0.362 e. The summed E-state index contributed by atoms with van der Waals surface area (Å²) < 4.78 is 1.78. The molecular formula is C21H25N7O. The highest BCUT2D eigenvalue weighted by atomic mass is 16.2. The van der Waals surface area contributed by atoms with Gasteiger partial charge in [0.15, 0.2) is 5.82 Å². The number of hydrogen-bond donors (Lipinski definition) is 3. The molecule has 8 nitrogen and oxygen atoms in total. The average molecular weight is 391 g/mol. The molecule has 1 aliphatic carbocycles. The highest BCUT2D eigenvalue weighted by Gasteiger charge is 2.23. The first-order valence-corrected chi connectivity index (χ1v) is 9.77. The van der Waals surface area contributed by atoms with E-state index >= 15 is 0 Å². The normalized spacial score (nSPS) is 14.3. The topological polar surface area (TPSA) is 96.8 Å². The van der Waals surface area contributed by atoms with E-state index in [1.54, 1.807) is 17.1 Å². The monoisotopic (exact) mass is 391 g/mol. The number of nitrogens with zero attached hydrogens (tertiary/aromatic N) is 4. The summed E-state index contributed by atoms with van der Waals surface area (Å²) in [6.07, 6.45) is 5.53. The summed E-state index contributed by atoms with van der Waals surface area (Å²) >= 11 is 0. The van der Waals surface area contributed by atoms with Crippen molar-refractivity contribution in [2.24, 2.45) is 0 Å². The number of amides is 2. The Kier molecular flexibility index (Phi) is 5.16. The second kappa shape index (κ2) is 7.90. The van der Waals surface area contributed by atoms with Crippen LogP contribution in [0.4, 0.5) is 16.3 Å². The fraction of sp³-hybridized carbons (Fsp3) is 0.333. The molecule has 1 atom stereocenters. The minimum atomic E-state index is -0.150. The van der Waals surface area contributed by atoms with Gasteiger partial charge in [-0.25, -0.2) is 14.5 Å². The first-order valence-electron chi connectivity index (χ1n) is 9.77. The van der Waals surface area contributed by atoms with Gasteiger partial charge >= 0.3 is 6.03 Å². The Morgan fingerprint density at radius 1 is 1.17 bits per heavy atom. The van der Waals surface area contributed by atoms with Crippen molar-refractivity contribution in [2.45, 2.75) is 45.7 Å². The SMILES string of the molecule is Cc1cc(C)n(-c2cncc(NC(C)c3ccc(NC(=O)NC4CC4)cc3)n2)n1. The highest BCUT2D eigenvalue weighted by molar-refractivity contribution is 5.89. The van der Waals surface area contributed by atoms with E-state index in [0.717, 1.165) is 35.5 Å². The molecule has 3 N–H and O–H groups in total. The van der Waals surface area contributed by atoms with E-state index in [-0.39, 0.29) is 12.1 Å². The Labute approximate surface area is 169 Å². The number of aromatic nitrogens is 4. The molecule has 1 unspecified atom stereocenters. The summed E-state index contributed by atoms with van der Waals surface area (Å²) in [6.45, 7) is 6.00. The Morgan fingerprint density at radius 3 is 2.59 bits per heavy atom. The maximum Gasteiger partial charge on any atom is 0.319 e. The standard InChI is InChI=1S/C21H25N7O/c1-13-10-14(2)28(27-13)20-12-22-11-19(26-20)23-15(3)16-4-6-17(7-5-16)24-21(29)25-18-8-9-18/h4-7,10-12,15,18H,8-9H2,1-3H3,(H,23,26)(H2,24,25,29). The zero-order chi connectivity index (χ0) is 20.4. The molecule has 0 saturated heterocycles. The van der Waals surface area contributed by atoms with E-state index in [1.165, 1.54) is 0 Å². The van der Waals surface area contributed by atoms with E-state index in [1.807, 2.05) is 44.2 Å². The Morgan fingerprint density at radius 2 is 1.93 bits per heavy atom. The van der Waals surface area contributed by atoms with Crippen molar-refractivity contribution in [3.8, 4) is 5.82 Å². The number of rotatable bonds is 6. The lowest BCUT2D eigenvalue weighted by molar-refractivity contribution is 0.251. The molecule has 8 heteroatoms. The number of carbonyl (C=O) groups is 1. The lowest BCUT2D eigenvalue weighted by Crippen LogP contribution is -2.30. The summed E-state index contributed by atoms with van der Waals surface area (Å²) in [7, 11) is 0. The summed E-state index contributed by atoms with van der Waals surface area (Å²) in [5, 5.41) is 13.6. The molecule has 3 aromatic rings. The molecule has 4 rings (SSSR count). The number of urea groups is 1. The van der Waals surface area contributed by atoms with Gasteiger partial charge in [-0.1, -0.05) is 12.1 Å². The predicted octanol–water partition coefficient (Wildman–Crippen LogP) is 3.74. The Hall–Kier alpha value is -3.42. The second-order valence-corrected chi connectivity index (χ2v) is 7.46. The number of benzene rings is 1. The van der Waals surface area contributed by atoms with Crippen molar-refractivity contribution in [1.29, 1.82) is 0 Å². The first-order chi connectivity index (χ1) is 14.0. The van der Waals surface area contributed by atoms with Gasteiger partial charge in [0, 0.05) is 23.5 Å². The summed E-state index contributed by atoms with van der Waals surface area (Å²) in [5.41, 5.74) is 3.80. The summed E-state index contributed by atoms with van der Waals surface area (Å²) in [6, 6.07) is 9.99. The van der Waals surface area contributed by atoms with Gasteiger partial charge in [0.05, 0.1) is 18.1 Å². The van der Waals surface area contributed by atoms with Crippen molar-refractivity contribution < 1.29 is 4.79 Å². The predicted molar refractivity (Wildman–Crippen MR) is 112 cm³/mol. The highest BCUT2D eigenvalue weighted by Crippen LogP contribution is 2.21. The molecule has 0 bridgehead atoms. The van der Waals surface area contributed by atoms with Gasteiger partial charge in [-0.3, -0.25) is 4.98 Å². The first kappa shape index (κ1) is 18.9. The maximum atomic E-state index is 11.8. The largest absolute Gasteiger partial charge is 0.362 e. The van der Waals surface area contributed by atoms with Crippen LogP contribution in [0.5, 0.6) is 0 Å². The molecule has 1 aromatic carbocycles. The third kappa shape index (κ3) is 4.71. The average Bonchev–Trinajstić information content (AvgIpc) is 3.43. The van der Waals surface area contributed by atoms with E-state index in [4.69, 9.17) is 0 Å². The zero-order valence-electron chi connectivity index (χ0n) is 16.8. The summed E-state index contributed by atoms with van der Waals surface area (Å²) in [4.78, 5) is 20.8. The van der Waals surface area contributed by atoms with Crippen LogP contribution in [0.3, 0.4) is 0 Å². The van der Waals surface area contributed by atoms with E-state index in [0.29, 0.717) is 17.7 Å². The summed E-state index contributed by atoms with van der Waals surface area (Å²) in [5.74, 6) is 1.35. The fourth-order valence-corrected chi connectivity index (χ4v) is 3.13. The van der Waals surface area contributed by atoms with Crippen LogP contribution in [0.15, 0.2) is 42.7 Å². The van der Waals surface area contributed by atoms with Crippen molar-refractivity contribution in [3.05, 3.63) is 59.7 Å². The number of aryl methyl sites for hydroxylation is 2. The fourth-order valence-electron chi connectivity index (χ4n) is 3.13. The molecule has 2 heterocycles. The zero-order valence-corrected chi connectivity index (χ0v) is 16.8. The van der Waals surface area contributed by atoms with Crippen LogP contribution in [-0.2, 0) is 0 Å². The molecule has 0 aliphatic heterocycles. The van der Waals surface area contributed by atoms with Crippen molar-refractivity contribution in [1.82, 2.24) is 25.1 Å². The lowest BCUT2D eigenvalue weighted by Gasteiger charge is -2.16. The van der Waals surface area contributed by atoms with Gasteiger partial charge in [-0.2, -0.15) is 5.10 Å². The van der Waals surface area contributed by atoms with Crippen LogP contribution in [0.25, 0.3) is 5.82 Å². The van der Waals surface area contributed by atoms with Crippen LogP contribution in [-0.4, -0.2) is 31.8 Å². The Bertz CT molecular complexity index is 1010. The van der Waals surface area contributed by atoms with Crippen LogP contribution in [0.2, 0.25) is 0 Å². The Balaban J connectivity index is 1.41. The lowest BCUT2D eigenvalue weighted by atomic mass is 10.1. The number of carbonyl (C=O) groups excluding carboxylic acids is 1.